The lowest BCUT2D eigenvalue weighted by molar-refractivity contribution is 0.600. The van der Waals surface area contributed by atoms with Gasteiger partial charge in [-0.25, -0.2) is 8.42 Å². The van der Waals surface area contributed by atoms with E-state index >= 15 is 0 Å². The van der Waals surface area contributed by atoms with Gasteiger partial charge in [0.25, 0.3) is 0 Å². The predicted octanol–water partition coefficient (Wildman–Crippen LogP) is 0.408. The van der Waals surface area contributed by atoms with Gasteiger partial charge in [0.05, 0.1) is 23.1 Å². The first kappa shape index (κ1) is 14.1. The van der Waals surface area contributed by atoms with Gasteiger partial charge in [-0.2, -0.15) is 15.1 Å². The number of sulfone groups is 1. The van der Waals surface area contributed by atoms with Crippen molar-refractivity contribution in [3.8, 4) is 0 Å². The van der Waals surface area contributed by atoms with Crippen molar-refractivity contribution in [1.29, 1.82) is 0 Å². The van der Waals surface area contributed by atoms with E-state index in [4.69, 9.17) is 0 Å². The van der Waals surface area contributed by atoms with E-state index in [2.05, 4.69) is 25.5 Å². The van der Waals surface area contributed by atoms with E-state index in [0.29, 0.717) is 30.4 Å². The molecule has 0 amide bonds. The molecule has 9 heteroatoms. The van der Waals surface area contributed by atoms with Crippen LogP contribution in [0.3, 0.4) is 0 Å². The SMILES string of the molecule is CCNc1nc(N(C)C2CCS(=O)(=O)C2)c2cn[nH]c2n1. The minimum Gasteiger partial charge on any atom is -0.355 e. The molecule has 1 aliphatic heterocycles. The monoisotopic (exact) mass is 310 g/mol. The number of nitrogens with zero attached hydrogens (tertiary/aromatic N) is 4. The summed E-state index contributed by atoms with van der Waals surface area (Å²) in [5.41, 5.74) is 0.642. The Morgan fingerprint density at radius 3 is 2.95 bits per heavy atom. The highest BCUT2D eigenvalue weighted by atomic mass is 32.2. The Labute approximate surface area is 122 Å². The van der Waals surface area contributed by atoms with E-state index in [1.54, 1.807) is 6.20 Å². The van der Waals surface area contributed by atoms with Gasteiger partial charge in [0.15, 0.2) is 15.5 Å². The molecule has 1 atom stereocenters. The third-order valence-electron chi connectivity index (χ3n) is 3.71. The molecule has 0 spiro atoms. The highest BCUT2D eigenvalue weighted by Gasteiger charge is 2.32. The largest absolute Gasteiger partial charge is 0.355 e. The summed E-state index contributed by atoms with van der Waals surface area (Å²) in [6.45, 7) is 2.67. The van der Waals surface area contributed by atoms with Crippen LogP contribution in [0.2, 0.25) is 0 Å². The predicted molar refractivity (Wildman–Crippen MR) is 81.3 cm³/mol. The third-order valence-corrected chi connectivity index (χ3v) is 5.47. The normalized spacial score (nSPS) is 20.8. The molecule has 1 aliphatic rings. The molecule has 1 unspecified atom stereocenters. The minimum atomic E-state index is -2.93. The molecule has 3 rings (SSSR count). The Hall–Kier alpha value is -1.90. The van der Waals surface area contributed by atoms with E-state index in [9.17, 15) is 8.42 Å². The van der Waals surface area contributed by atoms with Crippen LogP contribution >= 0.6 is 0 Å². The van der Waals surface area contributed by atoms with Crippen molar-refractivity contribution in [2.24, 2.45) is 0 Å². The first-order valence-corrected chi connectivity index (χ1v) is 8.70. The maximum atomic E-state index is 11.7. The van der Waals surface area contributed by atoms with E-state index in [0.717, 1.165) is 5.39 Å². The second kappa shape index (κ2) is 5.14. The Kier molecular flexibility index (Phi) is 3.44. The van der Waals surface area contributed by atoms with E-state index in [1.807, 2.05) is 18.9 Å². The summed E-state index contributed by atoms with van der Waals surface area (Å²) in [4.78, 5) is 10.8. The standard InChI is InChI=1S/C12H18N6O2S/c1-3-13-12-15-10-9(6-14-17-10)11(16-12)18(2)8-4-5-21(19,20)7-8/h6,8H,3-5,7H2,1-2H3,(H2,13,14,15,16,17). The second-order valence-corrected chi connectivity index (χ2v) is 7.43. The molecule has 1 fully saturated rings. The topological polar surface area (TPSA) is 104 Å². The van der Waals surface area contributed by atoms with Gasteiger partial charge in [0.1, 0.15) is 5.82 Å². The highest BCUT2D eigenvalue weighted by molar-refractivity contribution is 7.91. The minimum absolute atomic E-state index is 0.0579. The lowest BCUT2D eigenvalue weighted by Gasteiger charge is -2.25. The molecule has 0 saturated carbocycles. The van der Waals surface area contributed by atoms with Gasteiger partial charge in [-0.05, 0) is 13.3 Å². The van der Waals surface area contributed by atoms with E-state index < -0.39 is 9.84 Å². The number of rotatable bonds is 4. The number of anilines is 2. The number of H-pyrrole nitrogens is 1. The smallest absolute Gasteiger partial charge is 0.226 e. The Morgan fingerprint density at radius 1 is 1.48 bits per heavy atom. The van der Waals surface area contributed by atoms with Crippen molar-refractivity contribution in [3.05, 3.63) is 6.20 Å². The zero-order chi connectivity index (χ0) is 15.0. The van der Waals surface area contributed by atoms with E-state index in [1.165, 1.54) is 0 Å². The van der Waals surface area contributed by atoms with Gasteiger partial charge in [-0.1, -0.05) is 0 Å². The summed E-state index contributed by atoms with van der Waals surface area (Å²) >= 11 is 0. The average molecular weight is 310 g/mol. The number of aromatic amines is 1. The molecule has 21 heavy (non-hydrogen) atoms. The van der Waals surface area contributed by atoms with Crippen LogP contribution < -0.4 is 10.2 Å². The Balaban J connectivity index is 2.00. The zero-order valence-electron chi connectivity index (χ0n) is 12.0. The molecule has 2 N–H and O–H groups in total. The third kappa shape index (κ3) is 2.65. The molecule has 114 valence electrons. The van der Waals surface area contributed by atoms with Gasteiger partial charge in [-0.15, -0.1) is 0 Å². The maximum Gasteiger partial charge on any atom is 0.226 e. The summed E-state index contributed by atoms with van der Waals surface area (Å²) in [5, 5.41) is 10.7. The molecular formula is C12H18N6O2S. The van der Waals surface area contributed by atoms with Crippen LogP contribution in [0.15, 0.2) is 6.20 Å². The van der Waals surface area contributed by atoms with Crippen molar-refractivity contribution in [2.75, 3.05) is 35.3 Å². The molecule has 3 heterocycles. The van der Waals surface area contributed by atoms with Crippen LogP contribution in [0.1, 0.15) is 13.3 Å². The van der Waals surface area contributed by atoms with Crippen LogP contribution in [-0.4, -0.2) is 59.7 Å². The van der Waals surface area contributed by atoms with Gasteiger partial charge >= 0.3 is 0 Å². The summed E-state index contributed by atoms with van der Waals surface area (Å²) in [6, 6.07) is -0.0579. The number of hydrogen-bond acceptors (Lipinski definition) is 7. The molecular weight excluding hydrogens is 292 g/mol. The Morgan fingerprint density at radius 2 is 2.29 bits per heavy atom. The van der Waals surface area contributed by atoms with Crippen LogP contribution in [-0.2, 0) is 9.84 Å². The molecule has 0 radical (unpaired) electrons. The zero-order valence-corrected chi connectivity index (χ0v) is 12.8. The van der Waals surface area contributed by atoms with Crippen molar-refractivity contribution in [2.45, 2.75) is 19.4 Å². The van der Waals surface area contributed by atoms with Crippen LogP contribution in [0.4, 0.5) is 11.8 Å². The van der Waals surface area contributed by atoms with Gasteiger partial charge < -0.3 is 10.2 Å². The summed E-state index contributed by atoms with van der Waals surface area (Å²) in [6.07, 6.45) is 2.29. The molecule has 0 aromatic carbocycles. The molecule has 0 aliphatic carbocycles. The average Bonchev–Trinajstić information content (AvgIpc) is 3.03. The molecule has 0 bridgehead atoms. The fraction of sp³-hybridized carbons (Fsp3) is 0.583. The van der Waals surface area contributed by atoms with Crippen LogP contribution in [0.5, 0.6) is 0 Å². The van der Waals surface area contributed by atoms with Crippen LogP contribution in [0, 0.1) is 0 Å². The maximum absolute atomic E-state index is 11.7. The molecule has 1 saturated heterocycles. The van der Waals surface area contributed by atoms with Crippen LogP contribution in [0.25, 0.3) is 11.0 Å². The van der Waals surface area contributed by atoms with Gasteiger partial charge in [-0.3, -0.25) is 5.10 Å². The van der Waals surface area contributed by atoms with Gasteiger partial charge in [0.2, 0.25) is 5.95 Å². The quantitative estimate of drug-likeness (QED) is 0.842. The fourth-order valence-corrected chi connectivity index (χ4v) is 4.35. The highest BCUT2D eigenvalue weighted by Crippen LogP contribution is 2.27. The first-order chi connectivity index (χ1) is 10.00. The van der Waals surface area contributed by atoms with Crippen molar-refractivity contribution >= 4 is 32.6 Å². The lowest BCUT2D eigenvalue weighted by Crippen LogP contribution is -2.33. The Bertz CT molecular complexity index is 756. The van der Waals surface area contributed by atoms with Crippen molar-refractivity contribution < 1.29 is 8.42 Å². The molecule has 2 aromatic heterocycles. The van der Waals surface area contributed by atoms with Crippen molar-refractivity contribution in [3.63, 3.8) is 0 Å². The number of hydrogen-bond donors (Lipinski definition) is 2. The molecule has 8 nitrogen and oxygen atoms in total. The first-order valence-electron chi connectivity index (χ1n) is 6.88. The van der Waals surface area contributed by atoms with Gasteiger partial charge in [0, 0.05) is 19.6 Å². The summed E-state index contributed by atoms with van der Waals surface area (Å²) in [5.74, 6) is 1.62. The van der Waals surface area contributed by atoms with Crippen molar-refractivity contribution in [1.82, 2.24) is 20.2 Å². The number of aromatic nitrogens is 4. The fourth-order valence-electron chi connectivity index (χ4n) is 2.58. The number of nitrogens with one attached hydrogen (secondary N) is 2. The summed E-state index contributed by atoms with van der Waals surface area (Å²) in [7, 11) is -1.06. The molecule has 2 aromatic rings. The summed E-state index contributed by atoms with van der Waals surface area (Å²) < 4.78 is 23.3. The lowest BCUT2D eigenvalue weighted by atomic mass is 10.2. The second-order valence-electron chi connectivity index (χ2n) is 5.20. The van der Waals surface area contributed by atoms with E-state index in [-0.39, 0.29) is 17.5 Å². The number of fused-ring (bicyclic) bond motifs is 1.